The van der Waals surface area contributed by atoms with Crippen LogP contribution >= 0.6 is 0 Å². The number of carbonyl (C=O) groups is 1. The maximum Gasteiger partial charge on any atom is 0.339 e. The number of carboxylic acid groups (broad SMARTS) is 1. The molecule has 1 rings (SSSR count). The maximum absolute atomic E-state index is 11.3. The monoisotopic (exact) mass is 274 g/mol. The molecule has 0 saturated heterocycles. The van der Waals surface area contributed by atoms with Crippen LogP contribution in [0.5, 0.6) is 5.75 Å². The van der Waals surface area contributed by atoms with E-state index in [-0.39, 0.29) is 10.6 Å². The van der Waals surface area contributed by atoms with Gasteiger partial charge < -0.3 is 14.9 Å². The SMILES string of the molecule is CC(O)(COc1cccc(S(C)(=O)=O)c1)C(=O)O. The van der Waals surface area contributed by atoms with Crippen molar-refractivity contribution in [1.29, 1.82) is 0 Å². The number of benzene rings is 1. The number of rotatable bonds is 5. The van der Waals surface area contributed by atoms with Gasteiger partial charge >= 0.3 is 5.97 Å². The van der Waals surface area contributed by atoms with Gasteiger partial charge in [0.1, 0.15) is 12.4 Å². The fourth-order valence-corrected chi connectivity index (χ4v) is 1.74. The van der Waals surface area contributed by atoms with Crippen LogP contribution in [0.3, 0.4) is 0 Å². The molecular formula is C11H14O6S. The lowest BCUT2D eigenvalue weighted by atomic mass is 10.1. The molecule has 2 N–H and O–H groups in total. The second-order valence-corrected chi connectivity index (χ2v) is 6.13. The molecule has 7 heteroatoms. The number of carboxylic acids is 1. The van der Waals surface area contributed by atoms with E-state index in [1.54, 1.807) is 0 Å². The average Bonchev–Trinajstić information content (AvgIpc) is 2.25. The number of hydrogen-bond donors (Lipinski definition) is 2. The largest absolute Gasteiger partial charge is 0.490 e. The summed E-state index contributed by atoms with van der Waals surface area (Å²) in [5, 5.41) is 18.1. The van der Waals surface area contributed by atoms with E-state index >= 15 is 0 Å². The van der Waals surface area contributed by atoms with Gasteiger partial charge in [-0.3, -0.25) is 0 Å². The lowest BCUT2D eigenvalue weighted by molar-refractivity contribution is -0.159. The zero-order valence-corrected chi connectivity index (χ0v) is 10.8. The summed E-state index contributed by atoms with van der Waals surface area (Å²) in [5.74, 6) is -1.23. The summed E-state index contributed by atoms with van der Waals surface area (Å²) in [5.41, 5.74) is -2.03. The van der Waals surface area contributed by atoms with Crippen LogP contribution in [0.2, 0.25) is 0 Å². The van der Waals surface area contributed by atoms with Crippen molar-refractivity contribution in [3.05, 3.63) is 24.3 Å². The maximum atomic E-state index is 11.3. The highest BCUT2D eigenvalue weighted by molar-refractivity contribution is 7.90. The summed E-state index contributed by atoms with van der Waals surface area (Å²) in [6.07, 6.45) is 1.06. The third kappa shape index (κ3) is 3.71. The first-order valence-electron chi connectivity index (χ1n) is 5.01. The number of ether oxygens (including phenoxy) is 1. The van der Waals surface area contributed by atoms with Crippen molar-refractivity contribution in [2.45, 2.75) is 17.4 Å². The fraction of sp³-hybridized carbons (Fsp3) is 0.364. The third-order valence-electron chi connectivity index (χ3n) is 2.21. The predicted molar refractivity (Wildman–Crippen MR) is 63.3 cm³/mol. The molecule has 0 aliphatic rings. The van der Waals surface area contributed by atoms with Gasteiger partial charge in [-0.1, -0.05) is 6.07 Å². The van der Waals surface area contributed by atoms with E-state index in [0.29, 0.717) is 0 Å². The van der Waals surface area contributed by atoms with Crippen molar-refractivity contribution in [2.75, 3.05) is 12.9 Å². The molecule has 0 spiro atoms. The Morgan fingerprint density at radius 3 is 2.56 bits per heavy atom. The predicted octanol–water partition coefficient (Wildman–Crippen LogP) is 0.304. The first kappa shape index (κ1) is 14.5. The molecule has 1 aromatic carbocycles. The molecule has 0 aliphatic carbocycles. The van der Waals surface area contributed by atoms with Crippen LogP contribution in [-0.2, 0) is 14.6 Å². The molecule has 18 heavy (non-hydrogen) atoms. The van der Waals surface area contributed by atoms with Gasteiger partial charge in [0.15, 0.2) is 15.4 Å². The van der Waals surface area contributed by atoms with Crippen molar-refractivity contribution in [3.63, 3.8) is 0 Å². The van der Waals surface area contributed by atoms with Gasteiger partial charge in [-0.05, 0) is 25.1 Å². The fourth-order valence-electron chi connectivity index (χ4n) is 1.08. The van der Waals surface area contributed by atoms with E-state index < -0.39 is 28.0 Å². The lowest BCUT2D eigenvalue weighted by Gasteiger charge is -2.18. The summed E-state index contributed by atoms with van der Waals surface area (Å²) in [4.78, 5) is 10.7. The minimum absolute atomic E-state index is 0.0648. The average molecular weight is 274 g/mol. The molecule has 0 amide bonds. The van der Waals surface area contributed by atoms with Gasteiger partial charge in [0.05, 0.1) is 4.90 Å². The van der Waals surface area contributed by atoms with Crippen LogP contribution in [-0.4, -0.2) is 43.1 Å². The molecular weight excluding hydrogens is 260 g/mol. The van der Waals surface area contributed by atoms with Crippen LogP contribution in [0, 0.1) is 0 Å². The number of aliphatic carboxylic acids is 1. The number of aliphatic hydroxyl groups is 1. The summed E-state index contributed by atoms with van der Waals surface area (Å²) >= 11 is 0. The van der Waals surface area contributed by atoms with Crippen LogP contribution < -0.4 is 4.74 Å². The minimum Gasteiger partial charge on any atom is -0.490 e. The molecule has 6 nitrogen and oxygen atoms in total. The second kappa shape index (κ2) is 4.95. The van der Waals surface area contributed by atoms with Gasteiger partial charge in [0.2, 0.25) is 0 Å². The molecule has 0 fully saturated rings. The summed E-state index contributed by atoms with van der Waals surface area (Å²) < 4.78 is 27.7. The van der Waals surface area contributed by atoms with Gasteiger partial charge in [-0.2, -0.15) is 0 Å². The summed E-state index contributed by atoms with van der Waals surface area (Å²) in [6, 6.07) is 5.62. The standard InChI is InChI=1S/C11H14O6S/c1-11(14,10(12)13)7-17-8-4-3-5-9(6-8)18(2,15)16/h3-6,14H,7H2,1-2H3,(H,12,13). The van der Waals surface area contributed by atoms with Gasteiger partial charge in [0, 0.05) is 6.26 Å². The normalized spacial score (nSPS) is 14.8. The Balaban J connectivity index is 2.85. The van der Waals surface area contributed by atoms with Crippen molar-refractivity contribution in [2.24, 2.45) is 0 Å². The Morgan fingerprint density at radius 2 is 2.06 bits per heavy atom. The van der Waals surface area contributed by atoms with E-state index in [0.717, 1.165) is 13.2 Å². The van der Waals surface area contributed by atoms with Crippen molar-refractivity contribution < 1.29 is 28.2 Å². The van der Waals surface area contributed by atoms with E-state index in [1.165, 1.54) is 24.3 Å². The quantitative estimate of drug-likeness (QED) is 0.801. The lowest BCUT2D eigenvalue weighted by Crippen LogP contribution is -2.41. The van der Waals surface area contributed by atoms with Crippen LogP contribution in [0.1, 0.15) is 6.92 Å². The highest BCUT2D eigenvalue weighted by Gasteiger charge is 2.31. The smallest absolute Gasteiger partial charge is 0.339 e. The highest BCUT2D eigenvalue weighted by atomic mass is 32.2. The van der Waals surface area contributed by atoms with Crippen LogP contribution in [0.25, 0.3) is 0 Å². The Labute approximate surface area is 105 Å². The Morgan fingerprint density at radius 1 is 1.44 bits per heavy atom. The van der Waals surface area contributed by atoms with Crippen molar-refractivity contribution >= 4 is 15.8 Å². The van der Waals surface area contributed by atoms with Gasteiger partial charge in [-0.25, -0.2) is 13.2 Å². The first-order valence-corrected chi connectivity index (χ1v) is 6.91. The molecule has 0 radical (unpaired) electrons. The van der Waals surface area contributed by atoms with E-state index in [9.17, 15) is 18.3 Å². The Bertz CT molecular complexity index is 546. The molecule has 0 heterocycles. The summed E-state index contributed by atoms with van der Waals surface area (Å²) in [6.45, 7) is 0.616. The molecule has 1 aromatic rings. The van der Waals surface area contributed by atoms with E-state index in [2.05, 4.69) is 0 Å². The molecule has 0 bridgehead atoms. The Hall–Kier alpha value is -1.60. The number of hydrogen-bond acceptors (Lipinski definition) is 5. The minimum atomic E-state index is -3.35. The second-order valence-electron chi connectivity index (χ2n) is 4.11. The van der Waals surface area contributed by atoms with Crippen molar-refractivity contribution in [1.82, 2.24) is 0 Å². The van der Waals surface area contributed by atoms with E-state index in [4.69, 9.17) is 9.84 Å². The Kier molecular flexibility index (Phi) is 3.98. The molecule has 100 valence electrons. The highest BCUT2D eigenvalue weighted by Crippen LogP contribution is 2.18. The molecule has 0 aromatic heterocycles. The van der Waals surface area contributed by atoms with Crippen molar-refractivity contribution in [3.8, 4) is 5.75 Å². The molecule has 0 saturated carbocycles. The summed E-state index contributed by atoms with van der Waals surface area (Å²) in [7, 11) is -3.35. The molecule has 1 unspecified atom stereocenters. The third-order valence-corrected chi connectivity index (χ3v) is 3.32. The van der Waals surface area contributed by atoms with Crippen LogP contribution in [0.4, 0.5) is 0 Å². The van der Waals surface area contributed by atoms with Gasteiger partial charge in [-0.15, -0.1) is 0 Å². The first-order chi connectivity index (χ1) is 8.13. The van der Waals surface area contributed by atoms with Crippen LogP contribution in [0.15, 0.2) is 29.2 Å². The zero-order chi connectivity index (χ0) is 14.0. The zero-order valence-electron chi connectivity index (χ0n) is 9.95. The van der Waals surface area contributed by atoms with E-state index in [1.807, 2.05) is 0 Å². The molecule has 1 atom stereocenters. The number of sulfone groups is 1. The topological polar surface area (TPSA) is 101 Å². The van der Waals surface area contributed by atoms with Gasteiger partial charge in [0.25, 0.3) is 0 Å². The molecule has 0 aliphatic heterocycles.